The van der Waals surface area contributed by atoms with Crippen molar-refractivity contribution in [3.8, 4) is 0 Å². The first-order valence-corrected chi connectivity index (χ1v) is 7.66. The maximum absolute atomic E-state index is 11.9. The Hall–Kier alpha value is -1.81. The van der Waals surface area contributed by atoms with Crippen LogP contribution in [0.15, 0.2) is 18.2 Å². The molecule has 2 heterocycles. The van der Waals surface area contributed by atoms with Crippen LogP contribution in [0.5, 0.6) is 0 Å². The largest absolute Gasteiger partial charge is 0.481 e. The van der Waals surface area contributed by atoms with Gasteiger partial charge in [-0.05, 0) is 30.5 Å². The first kappa shape index (κ1) is 12.9. The van der Waals surface area contributed by atoms with E-state index < -0.39 is 11.4 Å². The summed E-state index contributed by atoms with van der Waals surface area (Å²) in [6.07, 6.45) is 4.40. The van der Waals surface area contributed by atoms with Crippen molar-refractivity contribution in [1.82, 2.24) is 4.98 Å². The molecule has 1 saturated carbocycles. The van der Waals surface area contributed by atoms with Gasteiger partial charge in [-0.3, -0.25) is 4.79 Å². The molecular formula is C17H19NO3. The van der Waals surface area contributed by atoms with Gasteiger partial charge in [0.15, 0.2) is 0 Å². The molecule has 4 heteroatoms. The van der Waals surface area contributed by atoms with Crippen LogP contribution in [-0.2, 0) is 28.0 Å². The predicted molar refractivity (Wildman–Crippen MR) is 79.4 cm³/mol. The van der Waals surface area contributed by atoms with Crippen molar-refractivity contribution in [2.45, 2.75) is 44.1 Å². The van der Waals surface area contributed by atoms with Crippen molar-refractivity contribution < 1.29 is 14.6 Å². The Kier molecular flexibility index (Phi) is 2.82. The van der Waals surface area contributed by atoms with Crippen molar-refractivity contribution in [2.24, 2.45) is 0 Å². The molecule has 110 valence electrons. The second-order valence-electron chi connectivity index (χ2n) is 6.24. The number of hydrogen-bond acceptors (Lipinski definition) is 2. The van der Waals surface area contributed by atoms with Gasteiger partial charge in [0.25, 0.3) is 0 Å². The summed E-state index contributed by atoms with van der Waals surface area (Å²) in [6, 6.07) is 6.11. The van der Waals surface area contributed by atoms with Crippen molar-refractivity contribution in [3.05, 3.63) is 35.0 Å². The molecule has 2 aromatic rings. The number of carbonyl (C=O) groups is 1. The molecule has 0 radical (unpaired) electrons. The maximum atomic E-state index is 11.9. The van der Waals surface area contributed by atoms with Crippen LogP contribution in [0.2, 0.25) is 0 Å². The normalized spacial score (nSPS) is 20.6. The third-order valence-corrected chi connectivity index (χ3v) is 5.16. The molecular weight excluding hydrogens is 266 g/mol. The highest BCUT2D eigenvalue weighted by atomic mass is 16.5. The molecule has 2 aliphatic rings. The van der Waals surface area contributed by atoms with E-state index in [2.05, 4.69) is 11.1 Å². The predicted octanol–water partition coefficient (Wildman–Crippen LogP) is 3.14. The van der Waals surface area contributed by atoms with Crippen LogP contribution >= 0.6 is 0 Å². The minimum absolute atomic E-state index is 0.624. The zero-order valence-electron chi connectivity index (χ0n) is 11.9. The van der Waals surface area contributed by atoms with E-state index in [1.54, 1.807) is 0 Å². The highest BCUT2D eigenvalue weighted by Gasteiger charge is 2.43. The smallest absolute Gasteiger partial charge is 0.314 e. The van der Waals surface area contributed by atoms with Crippen LogP contribution in [0.25, 0.3) is 10.9 Å². The van der Waals surface area contributed by atoms with Crippen LogP contribution in [0.1, 0.15) is 42.5 Å². The SMILES string of the molecule is O=C(O)C1(c2ccc3[nH]c4c(c3c2)COCC4)CCCC1. The molecule has 4 rings (SSSR count). The lowest BCUT2D eigenvalue weighted by Crippen LogP contribution is -2.32. The number of carboxylic acids is 1. The van der Waals surface area contributed by atoms with E-state index >= 15 is 0 Å². The van der Waals surface area contributed by atoms with E-state index in [1.165, 1.54) is 11.3 Å². The van der Waals surface area contributed by atoms with Crippen LogP contribution in [0.4, 0.5) is 0 Å². The summed E-state index contributed by atoms with van der Waals surface area (Å²) >= 11 is 0. The highest BCUT2D eigenvalue weighted by molar-refractivity contribution is 5.89. The summed E-state index contributed by atoms with van der Waals surface area (Å²) in [5.74, 6) is -0.681. The summed E-state index contributed by atoms with van der Waals surface area (Å²) in [6.45, 7) is 1.38. The molecule has 1 aliphatic carbocycles. The van der Waals surface area contributed by atoms with Gasteiger partial charge in [0.1, 0.15) is 0 Å². The molecule has 0 atom stereocenters. The van der Waals surface area contributed by atoms with Crippen molar-refractivity contribution in [2.75, 3.05) is 6.61 Å². The molecule has 0 bridgehead atoms. The molecule has 0 amide bonds. The average molecular weight is 285 g/mol. The van der Waals surface area contributed by atoms with E-state index in [4.69, 9.17) is 4.74 Å². The number of fused-ring (bicyclic) bond motifs is 3. The number of aromatic amines is 1. The lowest BCUT2D eigenvalue weighted by molar-refractivity contribution is -0.143. The maximum Gasteiger partial charge on any atom is 0.314 e. The molecule has 4 nitrogen and oxygen atoms in total. The summed E-state index contributed by atoms with van der Waals surface area (Å²) < 4.78 is 5.56. The second-order valence-corrected chi connectivity index (χ2v) is 6.24. The minimum Gasteiger partial charge on any atom is -0.481 e. The number of nitrogens with one attached hydrogen (secondary N) is 1. The molecule has 21 heavy (non-hydrogen) atoms. The van der Waals surface area contributed by atoms with Crippen LogP contribution in [-0.4, -0.2) is 22.7 Å². The zero-order valence-corrected chi connectivity index (χ0v) is 11.9. The fourth-order valence-electron chi connectivity index (χ4n) is 3.93. The fourth-order valence-corrected chi connectivity index (χ4v) is 3.93. The fraction of sp³-hybridized carbons (Fsp3) is 0.471. The van der Waals surface area contributed by atoms with Crippen LogP contribution in [0.3, 0.4) is 0 Å². The van der Waals surface area contributed by atoms with Gasteiger partial charge in [0.2, 0.25) is 0 Å². The third kappa shape index (κ3) is 1.82. The van der Waals surface area contributed by atoms with Crippen molar-refractivity contribution >= 4 is 16.9 Å². The number of rotatable bonds is 2. The Labute approximate surface area is 123 Å². The second kappa shape index (κ2) is 4.60. The summed E-state index contributed by atoms with van der Waals surface area (Å²) in [5, 5.41) is 10.9. The molecule has 1 aliphatic heterocycles. The average Bonchev–Trinajstić information content (AvgIpc) is 3.12. The first-order valence-electron chi connectivity index (χ1n) is 7.66. The van der Waals surface area contributed by atoms with Gasteiger partial charge in [0.05, 0.1) is 18.6 Å². The van der Waals surface area contributed by atoms with Gasteiger partial charge in [-0.15, -0.1) is 0 Å². The lowest BCUT2D eigenvalue weighted by Gasteiger charge is -2.24. The monoisotopic (exact) mass is 285 g/mol. The Balaban J connectivity index is 1.88. The van der Waals surface area contributed by atoms with E-state index in [-0.39, 0.29) is 0 Å². The Bertz CT molecular complexity index is 710. The van der Waals surface area contributed by atoms with Gasteiger partial charge in [0, 0.05) is 28.6 Å². The van der Waals surface area contributed by atoms with Crippen molar-refractivity contribution in [3.63, 3.8) is 0 Å². The van der Waals surface area contributed by atoms with Gasteiger partial charge >= 0.3 is 5.97 Å². The van der Waals surface area contributed by atoms with E-state index in [9.17, 15) is 9.90 Å². The minimum atomic E-state index is -0.687. The molecule has 0 unspecified atom stereocenters. The Morgan fingerprint density at radius 1 is 1.29 bits per heavy atom. The van der Waals surface area contributed by atoms with E-state index in [0.717, 1.165) is 55.2 Å². The summed E-state index contributed by atoms with van der Waals surface area (Å²) in [4.78, 5) is 15.3. The lowest BCUT2D eigenvalue weighted by atomic mass is 9.78. The van der Waals surface area contributed by atoms with Gasteiger partial charge in [-0.2, -0.15) is 0 Å². The Morgan fingerprint density at radius 2 is 2.10 bits per heavy atom. The van der Waals surface area contributed by atoms with Gasteiger partial charge < -0.3 is 14.8 Å². The van der Waals surface area contributed by atoms with Crippen molar-refractivity contribution in [1.29, 1.82) is 0 Å². The number of aromatic nitrogens is 1. The summed E-state index contributed by atoms with van der Waals surface area (Å²) in [7, 11) is 0. The molecule has 1 aromatic heterocycles. The highest BCUT2D eigenvalue weighted by Crippen LogP contribution is 2.42. The quantitative estimate of drug-likeness (QED) is 0.891. The molecule has 2 N–H and O–H groups in total. The first-order chi connectivity index (χ1) is 10.2. The molecule has 0 saturated heterocycles. The summed E-state index contributed by atoms with van der Waals surface area (Å²) in [5.41, 5.74) is 3.80. The number of H-pyrrole nitrogens is 1. The molecule has 1 fully saturated rings. The topological polar surface area (TPSA) is 62.3 Å². The number of ether oxygens (including phenoxy) is 1. The number of benzene rings is 1. The standard InChI is InChI=1S/C17H19NO3/c19-16(20)17(6-1-2-7-17)11-3-4-14-12(9-11)13-10-21-8-5-15(13)18-14/h3-4,9,18H,1-2,5-8,10H2,(H,19,20). The van der Waals surface area contributed by atoms with Crippen LogP contribution < -0.4 is 0 Å². The van der Waals surface area contributed by atoms with E-state index in [0.29, 0.717) is 6.61 Å². The molecule has 1 aromatic carbocycles. The zero-order chi connectivity index (χ0) is 14.4. The number of carboxylic acid groups (broad SMARTS) is 1. The van der Waals surface area contributed by atoms with Crippen LogP contribution in [0, 0.1) is 0 Å². The van der Waals surface area contributed by atoms with E-state index in [1.807, 2.05) is 12.1 Å². The van der Waals surface area contributed by atoms with Gasteiger partial charge in [-0.1, -0.05) is 18.9 Å². The number of aliphatic carboxylic acids is 1. The molecule has 0 spiro atoms. The third-order valence-electron chi connectivity index (χ3n) is 5.16. The Morgan fingerprint density at radius 3 is 2.86 bits per heavy atom. The number of hydrogen-bond donors (Lipinski definition) is 2. The van der Waals surface area contributed by atoms with Gasteiger partial charge in [-0.25, -0.2) is 0 Å².